The van der Waals surface area contributed by atoms with E-state index in [-0.39, 0.29) is 0 Å². The molecule has 0 aliphatic heterocycles. The molecule has 0 bridgehead atoms. The first-order valence-electron chi connectivity index (χ1n) is 10.3. The molecule has 0 N–H and O–H groups in total. The molecule has 0 aliphatic carbocycles. The van der Waals surface area contributed by atoms with Gasteiger partial charge in [-0.1, -0.05) is 48.2 Å². The van der Waals surface area contributed by atoms with Gasteiger partial charge in [-0.3, -0.25) is 0 Å². The molecule has 0 fully saturated rings. The zero-order valence-corrected chi connectivity index (χ0v) is 19.9. The Morgan fingerprint density at radius 1 is 1.00 bits per heavy atom. The molecule has 0 amide bonds. The molecule has 0 atom stereocenters. The number of aryl methyl sites for hydroxylation is 2. The van der Waals surface area contributed by atoms with Crippen LogP contribution in [0.3, 0.4) is 0 Å². The fraction of sp³-hybridized carbons (Fsp3) is 0.292. The van der Waals surface area contributed by atoms with E-state index in [2.05, 4.69) is 78.2 Å². The first kappa shape index (κ1) is 21.6. The minimum Gasteiger partial charge on any atom is -0.485 e. The highest BCUT2D eigenvalue weighted by Crippen LogP contribution is 2.29. The number of aromatic nitrogens is 4. The van der Waals surface area contributed by atoms with Crippen LogP contribution in [0, 0.1) is 20.8 Å². The number of thiazole rings is 1. The van der Waals surface area contributed by atoms with Crippen LogP contribution in [0.4, 0.5) is 0 Å². The van der Waals surface area contributed by atoms with Crippen LogP contribution in [0.2, 0.25) is 0 Å². The van der Waals surface area contributed by atoms with Gasteiger partial charge >= 0.3 is 0 Å². The molecule has 0 spiro atoms. The Morgan fingerprint density at radius 3 is 2.61 bits per heavy atom. The second kappa shape index (κ2) is 9.66. The van der Waals surface area contributed by atoms with Gasteiger partial charge < -0.3 is 9.30 Å². The topological polar surface area (TPSA) is 52.8 Å². The molecule has 2 heterocycles. The molecule has 2 aromatic carbocycles. The van der Waals surface area contributed by atoms with Crippen molar-refractivity contribution >= 4 is 23.1 Å². The van der Waals surface area contributed by atoms with E-state index in [0.29, 0.717) is 6.61 Å². The maximum atomic E-state index is 6.04. The van der Waals surface area contributed by atoms with Crippen molar-refractivity contribution in [3.8, 4) is 16.3 Å². The maximum Gasteiger partial charge on any atom is 0.191 e. The van der Waals surface area contributed by atoms with E-state index in [4.69, 9.17) is 9.72 Å². The monoisotopic (exact) mass is 450 g/mol. The standard InChI is InChI=1S/C24H26N4OS2/c1-5-28-22(13-29-21-12-8-10-16(2)18(21)4)26-27-24(28)31-15-19-14-30-23(25-19)20-11-7-6-9-17(20)3/h6-12,14H,5,13,15H2,1-4H3. The van der Waals surface area contributed by atoms with Crippen LogP contribution in [0.1, 0.15) is 35.1 Å². The van der Waals surface area contributed by atoms with Crippen molar-refractivity contribution in [1.82, 2.24) is 19.7 Å². The maximum absolute atomic E-state index is 6.04. The SMILES string of the molecule is CCn1c(COc2cccc(C)c2C)nnc1SCc1csc(-c2ccccc2C)n1. The smallest absolute Gasteiger partial charge is 0.191 e. The highest BCUT2D eigenvalue weighted by atomic mass is 32.2. The van der Waals surface area contributed by atoms with Crippen molar-refractivity contribution in [2.24, 2.45) is 0 Å². The summed E-state index contributed by atoms with van der Waals surface area (Å²) in [6, 6.07) is 14.5. The number of thioether (sulfide) groups is 1. The van der Waals surface area contributed by atoms with Crippen LogP contribution in [0.25, 0.3) is 10.6 Å². The zero-order chi connectivity index (χ0) is 21.8. The number of hydrogen-bond acceptors (Lipinski definition) is 6. The molecular formula is C24H26N4OS2. The summed E-state index contributed by atoms with van der Waals surface area (Å²) < 4.78 is 8.16. The van der Waals surface area contributed by atoms with E-state index in [0.717, 1.165) is 45.3 Å². The summed E-state index contributed by atoms with van der Waals surface area (Å²) in [6.07, 6.45) is 0. The molecule has 0 aliphatic rings. The van der Waals surface area contributed by atoms with Crippen LogP contribution >= 0.6 is 23.1 Å². The van der Waals surface area contributed by atoms with Gasteiger partial charge in [0.05, 0.1) is 5.69 Å². The number of hydrogen-bond donors (Lipinski definition) is 0. The number of ether oxygens (including phenoxy) is 1. The first-order chi connectivity index (χ1) is 15.1. The molecule has 160 valence electrons. The summed E-state index contributed by atoms with van der Waals surface area (Å²) in [5, 5.41) is 12.9. The predicted molar refractivity (Wildman–Crippen MR) is 128 cm³/mol. The largest absolute Gasteiger partial charge is 0.485 e. The normalized spacial score (nSPS) is 11.1. The van der Waals surface area contributed by atoms with Gasteiger partial charge in [-0.05, 0) is 50.5 Å². The number of nitrogens with zero attached hydrogens (tertiary/aromatic N) is 4. The third kappa shape index (κ3) is 4.83. The molecule has 5 nitrogen and oxygen atoms in total. The van der Waals surface area contributed by atoms with Gasteiger partial charge in [0, 0.05) is 23.2 Å². The Kier molecular flexibility index (Phi) is 6.73. The second-order valence-electron chi connectivity index (χ2n) is 7.38. The van der Waals surface area contributed by atoms with Gasteiger partial charge in [0.2, 0.25) is 0 Å². The van der Waals surface area contributed by atoms with Crippen LogP contribution in [-0.2, 0) is 18.9 Å². The molecule has 31 heavy (non-hydrogen) atoms. The van der Waals surface area contributed by atoms with Gasteiger partial charge in [-0.2, -0.15) is 0 Å². The van der Waals surface area contributed by atoms with Gasteiger partial charge in [-0.25, -0.2) is 4.98 Å². The quantitative estimate of drug-likeness (QED) is 0.298. The number of benzene rings is 2. The fourth-order valence-electron chi connectivity index (χ4n) is 3.32. The predicted octanol–water partition coefficient (Wildman–Crippen LogP) is 6.22. The van der Waals surface area contributed by atoms with Crippen molar-refractivity contribution in [1.29, 1.82) is 0 Å². The minimum absolute atomic E-state index is 0.403. The van der Waals surface area contributed by atoms with Crippen molar-refractivity contribution in [3.05, 3.63) is 76.1 Å². The third-order valence-electron chi connectivity index (χ3n) is 5.30. The Hall–Kier alpha value is -2.64. The lowest BCUT2D eigenvalue weighted by Gasteiger charge is -2.11. The summed E-state index contributed by atoms with van der Waals surface area (Å²) in [7, 11) is 0. The first-order valence-corrected chi connectivity index (χ1v) is 12.2. The van der Waals surface area contributed by atoms with Crippen LogP contribution in [-0.4, -0.2) is 19.7 Å². The van der Waals surface area contributed by atoms with Gasteiger partial charge in [0.1, 0.15) is 17.4 Å². The molecular weight excluding hydrogens is 424 g/mol. The average Bonchev–Trinajstić information content (AvgIpc) is 3.40. The minimum atomic E-state index is 0.403. The Labute approximate surface area is 191 Å². The highest BCUT2D eigenvalue weighted by Gasteiger charge is 2.14. The average molecular weight is 451 g/mol. The van der Waals surface area contributed by atoms with Crippen molar-refractivity contribution < 1.29 is 4.74 Å². The lowest BCUT2D eigenvalue weighted by molar-refractivity contribution is 0.286. The van der Waals surface area contributed by atoms with Crippen LogP contribution in [0.15, 0.2) is 53.0 Å². The molecule has 0 saturated carbocycles. The van der Waals surface area contributed by atoms with Crippen LogP contribution in [0.5, 0.6) is 5.75 Å². The third-order valence-corrected chi connectivity index (χ3v) is 7.22. The Balaban J connectivity index is 1.42. The lowest BCUT2D eigenvalue weighted by Crippen LogP contribution is -2.07. The summed E-state index contributed by atoms with van der Waals surface area (Å²) in [5.74, 6) is 2.49. The fourth-order valence-corrected chi connectivity index (χ4v) is 5.25. The summed E-state index contributed by atoms with van der Waals surface area (Å²) in [4.78, 5) is 4.83. The van der Waals surface area contributed by atoms with E-state index in [9.17, 15) is 0 Å². The van der Waals surface area contributed by atoms with Crippen molar-refractivity contribution in [2.45, 2.75) is 51.8 Å². The Bertz CT molecular complexity index is 1180. The van der Waals surface area contributed by atoms with Gasteiger partial charge in [-0.15, -0.1) is 21.5 Å². The molecule has 0 unspecified atom stereocenters. The highest BCUT2D eigenvalue weighted by molar-refractivity contribution is 7.98. The molecule has 2 aromatic heterocycles. The molecule has 4 rings (SSSR count). The molecule has 7 heteroatoms. The zero-order valence-electron chi connectivity index (χ0n) is 18.3. The van der Waals surface area contributed by atoms with Crippen molar-refractivity contribution in [3.63, 3.8) is 0 Å². The van der Waals surface area contributed by atoms with E-state index in [1.54, 1.807) is 23.1 Å². The van der Waals surface area contributed by atoms with Crippen LogP contribution < -0.4 is 4.74 Å². The van der Waals surface area contributed by atoms with E-state index >= 15 is 0 Å². The molecule has 0 radical (unpaired) electrons. The Morgan fingerprint density at radius 2 is 1.81 bits per heavy atom. The lowest BCUT2D eigenvalue weighted by atomic mass is 10.1. The van der Waals surface area contributed by atoms with E-state index in [1.807, 2.05) is 12.1 Å². The summed E-state index contributed by atoms with van der Waals surface area (Å²) >= 11 is 3.35. The molecule has 4 aromatic rings. The van der Waals surface area contributed by atoms with Gasteiger partial charge in [0.15, 0.2) is 11.0 Å². The summed E-state index contributed by atoms with van der Waals surface area (Å²) in [6.45, 7) is 9.60. The van der Waals surface area contributed by atoms with E-state index in [1.165, 1.54) is 16.7 Å². The van der Waals surface area contributed by atoms with E-state index < -0.39 is 0 Å². The number of rotatable bonds is 8. The van der Waals surface area contributed by atoms with Gasteiger partial charge in [0.25, 0.3) is 0 Å². The van der Waals surface area contributed by atoms with Crippen molar-refractivity contribution in [2.75, 3.05) is 0 Å². The summed E-state index contributed by atoms with van der Waals surface area (Å²) in [5.41, 5.74) is 5.89. The molecule has 0 saturated heterocycles. The second-order valence-corrected chi connectivity index (χ2v) is 9.18.